The second-order valence-corrected chi connectivity index (χ2v) is 9.68. The van der Waals surface area contributed by atoms with Crippen molar-refractivity contribution in [3.05, 3.63) is 33.1 Å². The summed E-state index contributed by atoms with van der Waals surface area (Å²) in [5, 5.41) is 3.24. The first-order valence-electron chi connectivity index (χ1n) is 10.3. The summed E-state index contributed by atoms with van der Waals surface area (Å²) in [6.45, 7) is 1.27. The van der Waals surface area contributed by atoms with Crippen molar-refractivity contribution < 1.29 is 19.1 Å². The molecule has 6 nitrogen and oxygen atoms in total. The van der Waals surface area contributed by atoms with Gasteiger partial charge in [0.05, 0.1) is 16.5 Å². The molecule has 0 bridgehead atoms. The van der Waals surface area contributed by atoms with Crippen LogP contribution in [0.5, 0.6) is 5.75 Å². The Balaban J connectivity index is 1.76. The molecule has 1 aliphatic heterocycles. The van der Waals surface area contributed by atoms with E-state index in [1.165, 1.54) is 6.42 Å². The van der Waals surface area contributed by atoms with Crippen molar-refractivity contribution in [1.29, 1.82) is 0 Å². The van der Waals surface area contributed by atoms with Crippen LogP contribution in [-0.2, 0) is 14.3 Å². The highest BCUT2D eigenvalue weighted by Gasteiger charge is 2.41. The maximum absolute atomic E-state index is 13.3. The Morgan fingerprint density at radius 3 is 2.87 bits per heavy atom. The highest BCUT2D eigenvalue weighted by molar-refractivity contribution is 9.10. The largest absolute Gasteiger partial charge is 0.496 e. The molecule has 1 aromatic rings. The molecule has 30 heavy (non-hydrogen) atoms. The third-order valence-electron chi connectivity index (χ3n) is 5.45. The fraction of sp³-hybridized carbons (Fsp3) is 0.545. The smallest absolute Gasteiger partial charge is 0.261 e. The lowest BCUT2D eigenvalue weighted by Gasteiger charge is -2.43. The van der Waals surface area contributed by atoms with Gasteiger partial charge in [-0.1, -0.05) is 18.9 Å². The number of nitrogens with zero attached hydrogens (tertiary/aromatic N) is 1. The summed E-state index contributed by atoms with van der Waals surface area (Å²) < 4.78 is 11.2. The number of methoxy groups -OCH3 is 2. The first-order valence-corrected chi connectivity index (χ1v) is 12.0. The van der Waals surface area contributed by atoms with Crippen molar-refractivity contribution in [2.24, 2.45) is 0 Å². The van der Waals surface area contributed by atoms with Gasteiger partial charge in [-0.3, -0.25) is 9.59 Å². The first-order chi connectivity index (χ1) is 14.5. The maximum atomic E-state index is 13.3. The Labute approximate surface area is 190 Å². The molecule has 1 saturated carbocycles. The Kier molecular flexibility index (Phi) is 8.65. The zero-order valence-electron chi connectivity index (χ0n) is 17.5. The molecule has 1 N–H and O–H groups in total. The van der Waals surface area contributed by atoms with Crippen molar-refractivity contribution in [3.8, 4) is 5.75 Å². The van der Waals surface area contributed by atoms with Crippen LogP contribution in [-0.4, -0.2) is 61.9 Å². The third kappa shape index (κ3) is 5.80. The van der Waals surface area contributed by atoms with E-state index in [-0.39, 0.29) is 24.4 Å². The lowest BCUT2D eigenvalue weighted by atomic mass is 9.93. The average Bonchev–Trinajstić information content (AvgIpc) is 2.74. The van der Waals surface area contributed by atoms with Crippen molar-refractivity contribution in [1.82, 2.24) is 10.2 Å². The number of carbonyl (C=O) groups is 2. The molecule has 0 aromatic heterocycles. The SMILES string of the molecule is COCCCNC(=O)CN1C(=O)/C(=C\c2ccc(OC)c(Br)c2)SC2CCCCC21. The zero-order chi connectivity index (χ0) is 21.5. The molecule has 2 unspecified atom stereocenters. The average molecular weight is 497 g/mol. The summed E-state index contributed by atoms with van der Waals surface area (Å²) in [6.07, 6.45) is 6.98. The third-order valence-corrected chi connectivity index (χ3v) is 7.47. The molecule has 164 valence electrons. The normalized spacial score (nSPS) is 22.7. The van der Waals surface area contributed by atoms with Crippen LogP contribution in [0.4, 0.5) is 0 Å². The quantitative estimate of drug-likeness (QED) is 0.437. The Bertz CT molecular complexity index is 801. The van der Waals surface area contributed by atoms with Gasteiger partial charge in [0.1, 0.15) is 12.3 Å². The number of carbonyl (C=O) groups excluding carboxylic acids is 2. The van der Waals surface area contributed by atoms with Crippen LogP contribution in [0, 0.1) is 0 Å². The number of fused-ring (bicyclic) bond motifs is 1. The predicted octanol–water partition coefficient (Wildman–Crippen LogP) is 3.84. The van der Waals surface area contributed by atoms with Gasteiger partial charge >= 0.3 is 0 Å². The van der Waals surface area contributed by atoms with Gasteiger partial charge in [0, 0.05) is 31.6 Å². The molecular formula is C22H29BrN2O4S. The van der Waals surface area contributed by atoms with Crippen molar-refractivity contribution in [3.63, 3.8) is 0 Å². The van der Waals surface area contributed by atoms with Crippen LogP contribution < -0.4 is 10.1 Å². The minimum Gasteiger partial charge on any atom is -0.496 e. The second kappa shape index (κ2) is 11.2. The van der Waals surface area contributed by atoms with Crippen LogP contribution in [0.2, 0.25) is 0 Å². The standard InChI is InChI=1S/C22H29BrN2O4S/c1-28-11-5-10-24-21(26)14-25-17-6-3-4-7-19(17)30-20(22(25)27)13-15-8-9-18(29-2)16(23)12-15/h8-9,12-13,17,19H,3-7,10-11,14H2,1-2H3,(H,24,26)/b20-13+. The molecule has 3 rings (SSSR count). The molecule has 2 atom stereocenters. The van der Waals surface area contributed by atoms with Gasteiger partial charge < -0.3 is 19.7 Å². The van der Waals surface area contributed by atoms with E-state index in [1.54, 1.807) is 30.9 Å². The van der Waals surface area contributed by atoms with E-state index in [0.717, 1.165) is 41.5 Å². The van der Waals surface area contributed by atoms with Crippen LogP contribution in [0.1, 0.15) is 37.7 Å². The highest BCUT2D eigenvalue weighted by Crippen LogP contribution is 2.42. The summed E-state index contributed by atoms with van der Waals surface area (Å²) in [7, 11) is 3.27. The van der Waals surface area contributed by atoms with Crippen molar-refractivity contribution >= 4 is 45.6 Å². The van der Waals surface area contributed by atoms with E-state index in [9.17, 15) is 9.59 Å². The van der Waals surface area contributed by atoms with Gasteiger partial charge in [-0.15, -0.1) is 11.8 Å². The lowest BCUT2D eigenvalue weighted by molar-refractivity contribution is -0.135. The van der Waals surface area contributed by atoms with Crippen LogP contribution in [0.3, 0.4) is 0 Å². The molecule has 1 heterocycles. The fourth-order valence-electron chi connectivity index (χ4n) is 3.94. The van der Waals surface area contributed by atoms with Gasteiger partial charge in [-0.25, -0.2) is 0 Å². The molecule has 1 aliphatic carbocycles. The number of ether oxygens (including phenoxy) is 2. The summed E-state index contributed by atoms with van der Waals surface area (Å²) in [5.74, 6) is 0.586. The summed E-state index contributed by atoms with van der Waals surface area (Å²) in [5.41, 5.74) is 0.928. The summed E-state index contributed by atoms with van der Waals surface area (Å²) >= 11 is 5.17. The van der Waals surface area contributed by atoms with E-state index in [0.29, 0.717) is 23.3 Å². The summed E-state index contributed by atoms with van der Waals surface area (Å²) in [6, 6.07) is 5.88. The second-order valence-electron chi connectivity index (χ2n) is 7.54. The van der Waals surface area contributed by atoms with Gasteiger partial charge in [0.2, 0.25) is 5.91 Å². The van der Waals surface area contributed by atoms with E-state index in [4.69, 9.17) is 9.47 Å². The summed E-state index contributed by atoms with van der Waals surface area (Å²) in [4.78, 5) is 28.3. The van der Waals surface area contributed by atoms with Crippen LogP contribution in [0.15, 0.2) is 27.6 Å². The van der Waals surface area contributed by atoms with Gasteiger partial charge in [-0.05, 0) is 59.0 Å². The molecule has 0 spiro atoms. The van der Waals surface area contributed by atoms with E-state index < -0.39 is 0 Å². The monoisotopic (exact) mass is 496 g/mol. The number of thioether (sulfide) groups is 1. The number of amides is 2. The Morgan fingerprint density at radius 1 is 1.33 bits per heavy atom. The fourth-order valence-corrected chi connectivity index (χ4v) is 5.97. The van der Waals surface area contributed by atoms with Crippen molar-refractivity contribution in [2.45, 2.75) is 43.4 Å². The highest BCUT2D eigenvalue weighted by atomic mass is 79.9. The Hall–Kier alpha value is -1.51. The minimum atomic E-state index is -0.109. The maximum Gasteiger partial charge on any atom is 0.261 e. The van der Waals surface area contributed by atoms with Crippen LogP contribution >= 0.6 is 27.7 Å². The number of rotatable bonds is 8. The molecule has 2 fully saturated rings. The van der Waals surface area contributed by atoms with E-state index >= 15 is 0 Å². The molecular weight excluding hydrogens is 468 g/mol. The number of halogens is 1. The number of hydrogen-bond acceptors (Lipinski definition) is 5. The van der Waals surface area contributed by atoms with E-state index in [2.05, 4.69) is 21.2 Å². The molecule has 1 saturated heterocycles. The number of nitrogens with one attached hydrogen (secondary N) is 1. The van der Waals surface area contributed by atoms with Gasteiger partial charge in [0.25, 0.3) is 5.91 Å². The lowest BCUT2D eigenvalue weighted by Crippen LogP contribution is -2.54. The minimum absolute atomic E-state index is 0.0536. The number of benzene rings is 1. The topological polar surface area (TPSA) is 67.9 Å². The van der Waals surface area contributed by atoms with E-state index in [1.807, 2.05) is 24.3 Å². The molecule has 0 radical (unpaired) electrons. The van der Waals surface area contributed by atoms with Gasteiger partial charge in [-0.2, -0.15) is 0 Å². The first kappa shape index (κ1) is 23.2. The predicted molar refractivity (Wildman–Crippen MR) is 124 cm³/mol. The Morgan fingerprint density at radius 2 is 2.13 bits per heavy atom. The molecule has 2 amide bonds. The molecule has 8 heteroatoms. The number of hydrogen-bond donors (Lipinski definition) is 1. The van der Waals surface area contributed by atoms with Crippen molar-refractivity contribution in [2.75, 3.05) is 33.9 Å². The van der Waals surface area contributed by atoms with Crippen LogP contribution in [0.25, 0.3) is 6.08 Å². The molecule has 2 aliphatic rings. The van der Waals surface area contributed by atoms with Gasteiger partial charge in [0.15, 0.2) is 0 Å². The molecule has 1 aromatic carbocycles. The zero-order valence-corrected chi connectivity index (χ0v) is 19.9.